The van der Waals surface area contributed by atoms with Gasteiger partial charge in [0.15, 0.2) is 0 Å². The molecule has 1 rings (SSSR count). The number of rotatable bonds is 4. The molecule has 9 heteroatoms. The second kappa shape index (κ2) is 6.13. The first-order valence-electron chi connectivity index (χ1n) is 5.99. The molecule has 1 heterocycles. The van der Waals surface area contributed by atoms with Crippen molar-refractivity contribution in [3.8, 4) is 0 Å². The molecule has 1 amide bonds. The number of alkyl halides is 3. The van der Waals surface area contributed by atoms with E-state index >= 15 is 0 Å². The highest BCUT2D eigenvalue weighted by Gasteiger charge is 2.36. The summed E-state index contributed by atoms with van der Waals surface area (Å²) in [5.41, 5.74) is 4.93. The molecule has 1 unspecified atom stereocenters. The largest absolute Gasteiger partial charge is 0.412 e. The molecule has 20 heavy (non-hydrogen) atoms. The van der Waals surface area contributed by atoms with Crippen molar-refractivity contribution in [3.05, 3.63) is 11.6 Å². The predicted octanol–water partition coefficient (Wildman–Crippen LogP) is 0.469. The van der Waals surface area contributed by atoms with Gasteiger partial charge in [0.25, 0.3) is 0 Å². The maximum atomic E-state index is 12.4. The highest BCUT2D eigenvalue weighted by atomic mass is 32.2. The van der Waals surface area contributed by atoms with Gasteiger partial charge < -0.3 is 10.6 Å². The van der Waals surface area contributed by atoms with Gasteiger partial charge >= 0.3 is 6.18 Å². The average molecular weight is 314 g/mol. The van der Waals surface area contributed by atoms with Crippen molar-refractivity contribution in [1.82, 2.24) is 4.90 Å². The maximum absolute atomic E-state index is 12.4. The van der Waals surface area contributed by atoms with Crippen LogP contribution in [0.3, 0.4) is 0 Å². The van der Waals surface area contributed by atoms with E-state index in [0.717, 1.165) is 12.3 Å². The topological polar surface area (TPSA) is 80.5 Å². The monoisotopic (exact) mass is 314 g/mol. The van der Waals surface area contributed by atoms with Crippen LogP contribution in [0.25, 0.3) is 0 Å². The predicted molar refractivity (Wildman–Crippen MR) is 67.6 cm³/mol. The summed E-state index contributed by atoms with van der Waals surface area (Å²) in [6, 6.07) is -1.01. The zero-order valence-corrected chi connectivity index (χ0v) is 11.8. The molecule has 5 nitrogen and oxygen atoms in total. The lowest BCUT2D eigenvalue weighted by atomic mass is 10.1. The summed E-state index contributed by atoms with van der Waals surface area (Å²) in [5.74, 6) is -0.747. The number of sulfone groups is 1. The van der Waals surface area contributed by atoms with Crippen LogP contribution in [0.1, 0.15) is 12.8 Å². The van der Waals surface area contributed by atoms with Gasteiger partial charge in [0.05, 0.1) is 11.8 Å². The second-order valence-corrected chi connectivity index (χ2v) is 7.05. The molecule has 116 valence electrons. The zero-order chi connectivity index (χ0) is 15.6. The van der Waals surface area contributed by atoms with Gasteiger partial charge in [-0.05, 0) is 12.8 Å². The van der Waals surface area contributed by atoms with Gasteiger partial charge in [0, 0.05) is 24.9 Å². The number of halogens is 3. The van der Waals surface area contributed by atoms with Crippen molar-refractivity contribution in [3.63, 3.8) is 0 Å². The molecule has 1 aliphatic heterocycles. The van der Waals surface area contributed by atoms with Gasteiger partial charge in [-0.1, -0.05) is 6.08 Å². The smallest absolute Gasteiger partial charge is 0.337 e. The fraction of sp³-hybridized carbons (Fsp3) is 0.727. The molecule has 2 N–H and O–H groups in total. The molecule has 0 aromatic heterocycles. The van der Waals surface area contributed by atoms with E-state index < -0.39 is 33.5 Å². The van der Waals surface area contributed by atoms with Crippen molar-refractivity contribution in [2.24, 2.45) is 5.73 Å². The molecule has 1 atom stereocenters. The summed E-state index contributed by atoms with van der Waals surface area (Å²) in [6.07, 6.45) is -2.68. The third kappa shape index (κ3) is 5.12. The number of nitrogens with two attached hydrogens (primary N) is 1. The van der Waals surface area contributed by atoms with Crippen LogP contribution >= 0.6 is 0 Å². The third-order valence-corrected chi connectivity index (χ3v) is 3.98. The Morgan fingerprint density at radius 2 is 2.10 bits per heavy atom. The Morgan fingerprint density at radius 1 is 1.50 bits per heavy atom. The lowest BCUT2D eigenvalue weighted by molar-refractivity contribution is -0.133. The Hall–Kier alpha value is -1.09. The number of hydrogen-bond donors (Lipinski definition) is 1. The molecule has 0 aromatic carbocycles. The fourth-order valence-corrected chi connectivity index (χ4v) is 2.51. The molecule has 0 bridgehead atoms. The van der Waals surface area contributed by atoms with Crippen molar-refractivity contribution in [2.45, 2.75) is 25.1 Å². The molecule has 0 saturated heterocycles. The Morgan fingerprint density at radius 3 is 2.50 bits per heavy atom. The van der Waals surface area contributed by atoms with Crippen LogP contribution in [0.15, 0.2) is 11.6 Å². The fourth-order valence-electron chi connectivity index (χ4n) is 1.83. The summed E-state index contributed by atoms with van der Waals surface area (Å²) in [4.78, 5) is 13.1. The zero-order valence-electron chi connectivity index (χ0n) is 11.0. The van der Waals surface area contributed by atoms with Crippen molar-refractivity contribution in [2.75, 3.05) is 25.1 Å². The van der Waals surface area contributed by atoms with E-state index in [1.807, 2.05) is 0 Å². The lowest BCUT2D eigenvalue weighted by Crippen LogP contribution is -2.46. The van der Waals surface area contributed by atoms with Gasteiger partial charge in [-0.2, -0.15) is 13.2 Å². The van der Waals surface area contributed by atoms with Crippen LogP contribution < -0.4 is 5.73 Å². The minimum Gasteiger partial charge on any atom is -0.337 e. The van der Waals surface area contributed by atoms with Crippen LogP contribution in [0.2, 0.25) is 0 Å². The summed E-state index contributed by atoms with van der Waals surface area (Å²) in [6.45, 7) is -0.211. The van der Waals surface area contributed by atoms with Crippen LogP contribution in [0.4, 0.5) is 13.2 Å². The van der Waals surface area contributed by atoms with Crippen LogP contribution in [0, 0.1) is 0 Å². The van der Waals surface area contributed by atoms with E-state index in [1.54, 1.807) is 0 Å². The molecule has 0 fully saturated rings. The first-order valence-corrected chi connectivity index (χ1v) is 8.05. The highest BCUT2D eigenvalue weighted by molar-refractivity contribution is 7.90. The standard InChI is InChI=1S/C11H17F3N2O3S/c1-20(18,19)7-4-9(15)10(17)16-5-2-8(3-6-16)11(12,13)14/h2,9H,3-7,15H2,1H3. The Kier molecular flexibility index (Phi) is 5.20. The molecule has 0 saturated carbocycles. The van der Waals surface area contributed by atoms with Crippen molar-refractivity contribution in [1.29, 1.82) is 0 Å². The minimum atomic E-state index is -4.37. The summed E-state index contributed by atoms with van der Waals surface area (Å²) >= 11 is 0. The summed E-state index contributed by atoms with van der Waals surface area (Å²) in [5, 5.41) is 0. The van der Waals surface area contributed by atoms with Crippen LogP contribution in [-0.4, -0.2) is 56.5 Å². The summed E-state index contributed by atoms with van der Waals surface area (Å²) < 4.78 is 59.2. The first-order chi connectivity index (χ1) is 9.00. The molecule has 0 aromatic rings. The molecule has 0 spiro atoms. The Balaban J connectivity index is 2.56. The van der Waals surface area contributed by atoms with Crippen LogP contribution in [0.5, 0.6) is 0 Å². The number of carbonyl (C=O) groups is 1. The second-order valence-electron chi connectivity index (χ2n) is 4.79. The van der Waals surface area contributed by atoms with Gasteiger partial charge in [0.2, 0.25) is 5.91 Å². The van der Waals surface area contributed by atoms with Crippen LogP contribution in [-0.2, 0) is 14.6 Å². The summed E-state index contributed by atoms with van der Waals surface area (Å²) in [7, 11) is -3.22. The Bertz CT molecular complexity index is 500. The molecule has 0 aliphatic carbocycles. The molecule has 0 radical (unpaired) electrons. The normalized spacial score (nSPS) is 18.6. The molecule has 1 aliphatic rings. The van der Waals surface area contributed by atoms with E-state index in [9.17, 15) is 26.4 Å². The van der Waals surface area contributed by atoms with E-state index in [-0.39, 0.29) is 31.7 Å². The lowest BCUT2D eigenvalue weighted by Gasteiger charge is -2.29. The quantitative estimate of drug-likeness (QED) is 0.765. The van der Waals surface area contributed by atoms with Gasteiger partial charge in [-0.25, -0.2) is 8.42 Å². The van der Waals surface area contributed by atoms with E-state index in [1.165, 1.54) is 4.90 Å². The minimum absolute atomic E-state index is 0.0377. The molecular weight excluding hydrogens is 297 g/mol. The highest BCUT2D eigenvalue weighted by Crippen LogP contribution is 2.30. The molecular formula is C11H17F3N2O3S. The number of hydrogen-bond acceptors (Lipinski definition) is 4. The van der Waals surface area contributed by atoms with E-state index in [2.05, 4.69) is 0 Å². The maximum Gasteiger partial charge on any atom is 0.412 e. The SMILES string of the molecule is CS(=O)(=O)CCC(N)C(=O)N1CC=C(C(F)(F)F)CC1. The third-order valence-electron chi connectivity index (χ3n) is 3.00. The Labute approximate surface area is 115 Å². The van der Waals surface area contributed by atoms with E-state index in [4.69, 9.17) is 5.73 Å². The van der Waals surface area contributed by atoms with Gasteiger partial charge in [-0.3, -0.25) is 4.79 Å². The number of carbonyl (C=O) groups excluding carboxylic acids is 1. The average Bonchev–Trinajstić information content (AvgIpc) is 2.33. The van der Waals surface area contributed by atoms with Crippen molar-refractivity contribution < 1.29 is 26.4 Å². The van der Waals surface area contributed by atoms with Gasteiger partial charge in [-0.15, -0.1) is 0 Å². The van der Waals surface area contributed by atoms with Gasteiger partial charge in [0.1, 0.15) is 9.84 Å². The number of amides is 1. The first kappa shape index (κ1) is 17.0. The van der Waals surface area contributed by atoms with E-state index in [0.29, 0.717) is 0 Å². The van der Waals surface area contributed by atoms with Crippen molar-refractivity contribution >= 4 is 15.7 Å². The number of nitrogens with zero attached hydrogens (tertiary/aromatic N) is 1.